The summed E-state index contributed by atoms with van der Waals surface area (Å²) in [5, 5.41) is 2.72. The average molecular weight is 526 g/mol. The Bertz CT molecular complexity index is 1380. The van der Waals surface area contributed by atoms with Gasteiger partial charge in [-0.05, 0) is 48.5 Å². The lowest BCUT2D eigenvalue weighted by molar-refractivity contribution is -0.114. The molecule has 0 atom stereocenters. The molecule has 0 spiro atoms. The van der Waals surface area contributed by atoms with Crippen molar-refractivity contribution in [1.29, 1.82) is 0 Å². The summed E-state index contributed by atoms with van der Waals surface area (Å²) < 4.78 is 57.6. The fourth-order valence-corrected chi connectivity index (χ4v) is 4.85. The number of aromatic nitrogens is 2. The zero-order chi connectivity index (χ0) is 24.9. The molecule has 3 aromatic rings. The molecular weight excluding hydrogens is 506 g/mol. The molecule has 11 nitrogen and oxygen atoms in total. The van der Waals surface area contributed by atoms with Crippen LogP contribution >= 0.6 is 11.6 Å². The molecule has 2 aromatic carbocycles. The van der Waals surface area contributed by atoms with Gasteiger partial charge in [-0.3, -0.25) is 9.10 Å². The second-order valence-corrected chi connectivity index (χ2v) is 10.8. The van der Waals surface area contributed by atoms with E-state index in [0.717, 1.165) is 10.6 Å². The number of halogens is 1. The van der Waals surface area contributed by atoms with Crippen LogP contribution in [0.1, 0.15) is 0 Å². The normalized spacial score (nSPS) is 11.5. The molecule has 14 heteroatoms. The van der Waals surface area contributed by atoms with Crippen LogP contribution in [0.15, 0.2) is 65.8 Å². The molecule has 0 radical (unpaired) electrons. The minimum Gasteiger partial charge on any atom is -0.495 e. The van der Waals surface area contributed by atoms with E-state index in [9.17, 15) is 21.6 Å². The van der Waals surface area contributed by atoms with Gasteiger partial charge in [0.05, 0.1) is 29.0 Å². The Balaban J connectivity index is 1.72. The standard InChI is InChI=1S/C20H20ClN5O6S2/c1-32-18-9-6-15(12-17(18)21)26(33(2,28)29)13-19(27)24-14-4-7-16(8-5-14)34(30,31)25-20-22-10-3-11-23-20/h3-12H,13H2,1-2H3,(H,24,27)(H,22,23,25). The molecule has 0 saturated carbocycles. The van der Waals surface area contributed by atoms with Crippen LogP contribution < -0.4 is 19.1 Å². The molecule has 34 heavy (non-hydrogen) atoms. The number of amides is 1. The predicted molar refractivity (Wildman–Crippen MR) is 128 cm³/mol. The Kier molecular flexibility index (Phi) is 7.59. The highest BCUT2D eigenvalue weighted by Gasteiger charge is 2.22. The van der Waals surface area contributed by atoms with Gasteiger partial charge in [0, 0.05) is 18.1 Å². The lowest BCUT2D eigenvalue weighted by atomic mass is 10.3. The maximum atomic E-state index is 12.6. The Labute approximate surface area is 201 Å². The van der Waals surface area contributed by atoms with Crippen molar-refractivity contribution in [1.82, 2.24) is 9.97 Å². The molecule has 1 amide bonds. The molecule has 0 aliphatic heterocycles. The van der Waals surface area contributed by atoms with Crippen molar-refractivity contribution in [3.63, 3.8) is 0 Å². The number of methoxy groups -OCH3 is 1. The minimum atomic E-state index is -3.94. The predicted octanol–water partition coefficient (Wildman–Crippen LogP) is 2.34. The second kappa shape index (κ2) is 10.2. The third kappa shape index (κ3) is 6.34. The van der Waals surface area contributed by atoms with Gasteiger partial charge in [-0.15, -0.1) is 0 Å². The molecule has 0 aliphatic rings. The number of rotatable bonds is 9. The summed E-state index contributed by atoms with van der Waals surface area (Å²) in [6, 6.07) is 11.2. The molecule has 1 aromatic heterocycles. The van der Waals surface area contributed by atoms with Crippen LogP contribution in [0.4, 0.5) is 17.3 Å². The topological polar surface area (TPSA) is 148 Å². The van der Waals surface area contributed by atoms with Gasteiger partial charge in [0.2, 0.25) is 21.9 Å². The van der Waals surface area contributed by atoms with Crippen LogP contribution in [0.5, 0.6) is 5.75 Å². The Hall–Kier alpha value is -3.42. The van der Waals surface area contributed by atoms with Gasteiger partial charge in [-0.2, -0.15) is 0 Å². The highest BCUT2D eigenvalue weighted by Crippen LogP contribution is 2.30. The van der Waals surface area contributed by atoms with E-state index < -0.39 is 32.5 Å². The van der Waals surface area contributed by atoms with Crippen molar-refractivity contribution in [2.75, 3.05) is 34.3 Å². The monoisotopic (exact) mass is 525 g/mol. The van der Waals surface area contributed by atoms with E-state index in [1.165, 1.54) is 62.0 Å². The SMILES string of the molecule is COc1ccc(N(CC(=O)Nc2ccc(S(=O)(=O)Nc3ncccn3)cc2)S(C)(=O)=O)cc1Cl. The quantitative estimate of drug-likeness (QED) is 0.432. The molecule has 0 bridgehead atoms. The molecule has 0 fully saturated rings. The van der Waals surface area contributed by atoms with E-state index in [0.29, 0.717) is 5.75 Å². The zero-order valence-electron chi connectivity index (χ0n) is 18.0. The lowest BCUT2D eigenvalue weighted by Crippen LogP contribution is -2.37. The summed E-state index contributed by atoms with van der Waals surface area (Å²) >= 11 is 6.08. The average Bonchev–Trinajstić information content (AvgIpc) is 2.77. The van der Waals surface area contributed by atoms with Crippen molar-refractivity contribution in [2.45, 2.75) is 4.90 Å². The summed E-state index contributed by atoms with van der Waals surface area (Å²) in [6.07, 6.45) is 3.74. The molecule has 3 rings (SSSR count). The number of sulfonamides is 2. The maximum Gasteiger partial charge on any atom is 0.264 e. The van der Waals surface area contributed by atoms with E-state index in [1.807, 2.05) is 0 Å². The minimum absolute atomic E-state index is 0.0800. The Morgan fingerprint density at radius 3 is 2.26 bits per heavy atom. The first-order valence-electron chi connectivity index (χ1n) is 9.50. The molecular formula is C20H20ClN5O6S2. The van der Waals surface area contributed by atoms with Crippen LogP contribution in [-0.2, 0) is 24.8 Å². The summed E-state index contributed by atoms with van der Waals surface area (Å²) in [5.74, 6) is -0.380. The highest BCUT2D eigenvalue weighted by molar-refractivity contribution is 7.92. The summed E-state index contributed by atoms with van der Waals surface area (Å²) in [6.45, 7) is -0.533. The van der Waals surface area contributed by atoms with Crippen LogP contribution in [0.3, 0.4) is 0 Å². The van der Waals surface area contributed by atoms with Gasteiger partial charge in [0.1, 0.15) is 12.3 Å². The number of hydrogen-bond donors (Lipinski definition) is 2. The van der Waals surface area contributed by atoms with Crippen molar-refractivity contribution in [2.24, 2.45) is 0 Å². The van der Waals surface area contributed by atoms with Crippen LogP contribution in [0.25, 0.3) is 0 Å². The first-order valence-corrected chi connectivity index (χ1v) is 13.2. The number of anilines is 3. The van der Waals surface area contributed by atoms with Crippen molar-refractivity contribution in [3.8, 4) is 5.75 Å². The van der Waals surface area contributed by atoms with Crippen LogP contribution in [0.2, 0.25) is 5.02 Å². The Morgan fingerprint density at radius 1 is 1.06 bits per heavy atom. The van der Waals surface area contributed by atoms with Crippen LogP contribution in [-0.4, -0.2) is 52.6 Å². The first kappa shape index (κ1) is 25.2. The van der Waals surface area contributed by atoms with E-state index >= 15 is 0 Å². The lowest BCUT2D eigenvalue weighted by Gasteiger charge is -2.22. The van der Waals surface area contributed by atoms with Crippen LogP contribution in [0, 0.1) is 0 Å². The smallest absolute Gasteiger partial charge is 0.264 e. The number of nitrogens with zero attached hydrogens (tertiary/aromatic N) is 3. The zero-order valence-corrected chi connectivity index (χ0v) is 20.4. The number of nitrogens with one attached hydrogen (secondary N) is 2. The van der Waals surface area contributed by atoms with Gasteiger partial charge in [-0.25, -0.2) is 31.5 Å². The number of ether oxygens (including phenoxy) is 1. The number of benzene rings is 2. The van der Waals surface area contributed by atoms with E-state index in [-0.39, 0.29) is 27.2 Å². The van der Waals surface area contributed by atoms with Gasteiger partial charge >= 0.3 is 0 Å². The maximum absolute atomic E-state index is 12.6. The summed E-state index contributed by atoms with van der Waals surface area (Å²) in [4.78, 5) is 20.1. The number of hydrogen-bond acceptors (Lipinski definition) is 8. The molecule has 1 heterocycles. The van der Waals surface area contributed by atoms with E-state index in [2.05, 4.69) is 20.0 Å². The van der Waals surface area contributed by atoms with Crippen molar-refractivity contribution < 1.29 is 26.4 Å². The number of carbonyl (C=O) groups is 1. The van der Waals surface area contributed by atoms with E-state index in [1.54, 1.807) is 6.07 Å². The Morgan fingerprint density at radius 2 is 1.71 bits per heavy atom. The summed E-state index contributed by atoms with van der Waals surface area (Å²) in [7, 11) is -6.34. The van der Waals surface area contributed by atoms with Gasteiger partial charge in [-0.1, -0.05) is 11.6 Å². The van der Waals surface area contributed by atoms with E-state index in [4.69, 9.17) is 16.3 Å². The molecule has 2 N–H and O–H groups in total. The fourth-order valence-electron chi connectivity index (χ4n) is 2.79. The third-order valence-corrected chi connectivity index (χ3v) is 7.13. The van der Waals surface area contributed by atoms with Gasteiger partial charge in [0.15, 0.2) is 0 Å². The molecule has 0 aliphatic carbocycles. The van der Waals surface area contributed by atoms with Crippen molar-refractivity contribution in [3.05, 3.63) is 65.9 Å². The van der Waals surface area contributed by atoms with Crippen molar-refractivity contribution >= 4 is 54.9 Å². The van der Waals surface area contributed by atoms with Gasteiger partial charge < -0.3 is 10.1 Å². The first-order chi connectivity index (χ1) is 16.0. The molecule has 180 valence electrons. The number of carbonyl (C=O) groups excluding carboxylic acids is 1. The highest BCUT2D eigenvalue weighted by atomic mass is 35.5. The third-order valence-electron chi connectivity index (χ3n) is 4.35. The summed E-state index contributed by atoms with van der Waals surface area (Å²) in [5.41, 5.74) is 0.445. The molecule has 0 saturated heterocycles. The fraction of sp³-hybridized carbons (Fsp3) is 0.150. The van der Waals surface area contributed by atoms with Gasteiger partial charge in [0.25, 0.3) is 10.0 Å². The largest absolute Gasteiger partial charge is 0.495 e. The molecule has 0 unspecified atom stereocenters. The second-order valence-electron chi connectivity index (χ2n) is 6.84.